The molecule has 0 bridgehead atoms. The fraction of sp³-hybridized carbons (Fsp3) is 0.233. The van der Waals surface area contributed by atoms with Gasteiger partial charge in [0.25, 0.3) is 5.92 Å². The normalized spacial score (nSPS) is 12.1. The Morgan fingerprint density at radius 1 is 0.946 bits per heavy atom. The Balaban J connectivity index is 1.44. The van der Waals surface area contributed by atoms with E-state index in [2.05, 4.69) is 39.2 Å². The first kappa shape index (κ1) is 25.9. The fourth-order valence-corrected chi connectivity index (χ4v) is 4.10. The van der Waals surface area contributed by atoms with Gasteiger partial charge in [0.15, 0.2) is 5.82 Å². The Kier molecular flexibility index (Phi) is 7.92. The summed E-state index contributed by atoms with van der Waals surface area (Å²) < 4.78 is 27.6. The van der Waals surface area contributed by atoms with Crippen molar-refractivity contribution in [2.24, 2.45) is 0 Å². The number of carbonyl (C=O) groups is 1. The highest BCUT2D eigenvalue weighted by atomic mass is 19.3. The maximum Gasteiger partial charge on any atom is 0.273 e. The number of rotatable bonds is 9. The topological polar surface area (TPSA) is 58.1 Å². The average Bonchev–Trinajstić information content (AvgIpc) is 2.93. The number of amides is 1. The molecular weight excluding hydrogens is 470 g/mol. The molecule has 7 heteroatoms. The third kappa shape index (κ3) is 6.17. The third-order valence-corrected chi connectivity index (χ3v) is 6.50. The van der Waals surface area contributed by atoms with E-state index in [0.29, 0.717) is 11.3 Å². The maximum absolute atomic E-state index is 13.8. The lowest BCUT2D eigenvalue weighted by Gasteiger charge is -2.27. The molecule has 1 aromatic heterocycles. The summed E-state index contributed by atoms with van der Waals surface area (Å²) >= 11 is 0. The van der Waals surface area contributed by atoms with Crippen molar-refractivity contribution in [3.05, 3.63) is 108 Å². The molecule has 0 saturated carbocycles. The summed E-state index contributed by atoms with van der Waals surface area (Å²) in [5.41, 5.74) is 4.06. The van der Waals surface area contributed by atoms with Gasteiger partial charge in [-0.05, 0) is 30.2 Å². The molecule has 1 amide bonds. The molecule has 5 nitrogen and oxygen atoms in total. The zero-order chi connectivity index (χ0) is 26.4. The van der Waals surface area contributed by atoms with Crippen LogP contribution in [0.4, 0.5) is 20.3 Å². The number of carbonyl (C=O) groups excluding carboxylic acids is 1. The van der Waals surface area contributed by atoms with Crippen molar-refractivity contribution < 1.29 is 13.6 Å². The summed E-state index contributed by atoms with van der Waals surface area (Å²) in [7, 11) is 2.00. The summed E-state index contributed by atoms with van der Waals surface area (Å²) in [5, 5.41) is 2.87. The Bertz CT molecular complexity index is 1330. The third-order valence-electron chi connectivity index (χ3n) is 6.50. The molecule has 4 rings (SSSR count). The molecule has 0 aliphatic rings. The molecule has 37 heavy (non-hydrogen) atoms. The van der Waals surface area contributed by atoms with Gasteiger partial charge in [-0.15, -0.1) is 0 Å². The lowest BCUT2D eigenvalue weighted by molar-refractivity contribution is -0.115. The van der Waals surface area contributed by atoms with E-state index < -0.39 is 5.92 Å². The van der Waals surface area contributed by atoms with Crippen LogP contribution in [0.2, 0.25) is 0 Å². The summed E-state index contributed by atoms with van der Waals surface area (Å²) in [5.74, 6) is -2.33. The summed E-state index contributed by atoms with van der Waals surface area (Å²) in [6.45, 7) is 3.57. The minimum atomic E-state index is -2.86. The highest BCUT2D eigenvalue weighted by Gasteiger charge is 2.28. The van der Waals surface area contributed by atoms with Gasteiger partial charge in [-0.1, -0.05) is 73.7 Å². The molecule has 1 N–H and O–H groups in total. The number of aromatic nitrogens is 2. The highest BCUT2D eigenvalue weighted by Crippen LogP contribution is 2.32. The van der Waals surface area contributed by atoms with Gasteiger partial charge in [0, 0.05) is 42.7 Å². The van der Waals surface area contributed by atoms with Crippen LogP contribution >= 0.6 is 0 Å². The monoisotopic (exact) mass is 500 g/mol. The van der Waals surface area contributed by atoms with Crippen molar-refractivity contribution in [2.75, 3.05) is 17.3 Å². The van der Waals surface area contributed by atoms with Gasteiger partial charge in [-0.2, -0.15) is 0 Å². The second kappa shape index (κ2) is 11.3. The first-order valence-electron chi connectivity index (χ1n) is 12.2. The Morgan fingerprint density at radius 2 is 1.59 bits per heavy atom. The zero-order valence-electron chi connectivity index (χ0n) is 21.2. The van der Waals surface area contributed by atoms with Crippen LogP contribution in [0.5, 0.6) is 0 Å². The molecular formula is C30H30F2N4O. The summed E-state index contributed by atoms with van der Waals surface area (Å²) in [6, 6.07) is 23.6. The number of nitrogens with zero attached hydrogens (tertiary/aromatic N) is 3. The smallest absolute Gasteiger partial charge is 0.273 e. The van der Waals surface area contributed by atoms with E-state index in [-0.39, 0.29) is 30.4 Å². The number of hydrogen-bond acceptors (Lipinski definition) is 4. The second-order valence-corrected chi connectivity index (χ2v) is 8.98. The molecule has 0 unspecified atom stereocenters. The number of anilines is 2. The molecule has 1 heterocycles. The average molecular weight is 501 g/mol. The summed E-state index contributed by atoms with van der Waals surface area (Å²) in [4.78, 5) is 23.8. The van der Waals surface area contributed by atoms with Crippen LogP contribution < -0.4 is 10.2 Å². The zero-order valence-corrected chi connectivity index (χ0v) is 21.2. The van der Waals surface area contributed by atoms with Crippen LogP contribution in [0.15, 0.2) is 91.3 Å². The lowest BCUT2D eigenvalue weighted by atomic mass is 10.0. The standard InChI is InChI=1S/C30H30F2N4O/c1-4-30(31,32)25-14-10-22(11-15-25)20-27(37)35-26-16-12-24(13-17-26)28-29(34-19-18-33-28)36(3)21(2)23-8-6-5-7-9-23/h5-19,21H,4,20H2,1-3H3,(H,35,37)/t21-/m0/s1. The minimum absolute atomic E-state index is 0.0399. The van der Waals surface area contributed by atoms with E-state index in [1.165, 1.54) is 24.6 Å². The van der Waals surface area contributed by atoms with E-state index in [1.807, 2.05) is 49.5 Å². The molecule has 190 valence electrons. The Hall–Kier alpha value is -4.13. The van der Waals surface area contributed by atoms with Crippen molar-refractivity contribution in [3.8, 4) is 11.3 Å². The number of hydrogen-bond donors (Lipinski definition) is 1. The molecule has 0 aliphatic carbocycles. The van der Waals surface area contributed by atoms with Gasteiger partial charge in [0.1, 0.15) is 5.69 Å². The first-order chi connectivity index (χ1) is 17.8. The van der Waals surface area contributed by atoms with Crippen molar-refractivity contribution in [3.63, 3.8) is 0 Å². The van der Waals surface area contributed by atoms with E-state index in [9.17, 15) is 13.6 Å². The van der Waals surface area contributed by atoms with Crippen molar-refractivity contribution >= 4 is 17.4 Å². The van der Waals surface area contributed by atoms with E-state index in [4.69, 9.17) is 0 Å². The fourth-order valence-electron chi connectivity index (χ4n) is 4.10. The van der Waals surface area contributed by atoms with Gasteiger partial charge in [0.05, 0.1) is 12.5 Å². The predicted molar refractivity (Wildman–Crippen MR) is 144 cm³/mol. The quantitative estimate of drug-likeness (QED) is 0.268. The lowest BCUT2D eigenvalue weighted by Crippen LogP contribution is -2.23. The van der Waals surface area contributed by atoms with Crippen LogP contribution in [0.1, 0.15) is 43.0 Å². The van der Waals surface area contributed by atoms with E-state index in [0.717, 1.165) is 17.1 Å². The largest absolute Gasteiger partial charge is 0.351 e. The van der Waals surface area contributed by atoms with Crippen molar-refractivity contribution in [1.82, 2.24) is 9.97 Å². The first-order valence-corrected chi connectivity index (χ1v) is 12.2. The van der Waals surface area contributed by atoms with Crippen LogP contribution in [0.25, 0.3) is 11.3 Å². The van der Waals surface area contributed by atoms with Crippen LogP contribution in [0, 0.1) is 0 Å². The van der Waals surface area contributed by atoms with E-state index >= 15 is 0 Å². The molecule has 0 aliphatic heterocycles. The molecule has 0 radical (unpaired) electrons. The maximum atomic E-state index is 13.8. The van der Waals surface area contributed by atoms with Gasteiger partial charge in [-0.3, -0.25) is 9.78 Å². The molecule has 4 aromatic rings. The molecule has 0 spiro atoms. The van der Waals surface area contributed by atoms with E-state index in [1.54, 1.807) is 24.5 Å². The Morgan fingerprint density at radius 3 is 2.24 bits per heavy atom. The minimum Gasteiger partial charge on any atom is -0.351 e. The van der Waals surface area contributed by atoms with Gasteiger partial charge >= 0.3 is 0 Å². The number of nitrogens with one attached hydrogen (secondary N) is 1. The van der Waals surface area contributed by atoms with Crippen LogP contribution in [-0.2, 0) is 17.1 Å². The van der Waals surface area contributed by atoms with Gasteiger partial charge in [-0.25, -0.2) is 13.8 Å². The SMILES string of the molecule is CCC(F)(F)c1ccc(CC(=O)Nc2ccc(-c3nccnc3N(C)[C@@H](C)c3ccccc3)cc2)cc1. The molecule has 1 atom stereocenters. The number of halogens is 2. The summed E-state index contributed by atoms with van der Waals surface area (Å²) in [6.07, 6.45) is 3.17. The number of alkyl halides is 2. The molecule has 3 aromatic carbocycles. The second-order valence-electron chi connectivity index (χ2n) is 8.98. The van der Waals surface area contributed by atoms with Crippen LogP contribution in [0.3, 0.4) is 0 Å². The Labute approximate surface area is 216 Å². The van der Waals surface area contributed by atoms with Gasteiger partial charge < -0.3 is 10.2 Å². The van der Waals surface area contributed by atoms with Crippen molar-refractivity contribution in [1.29, 1.82) is 0 Å². The molecule has 0 saturated heterocycles. The van der Waals surface area contributed by atoms with Crippen LogP contribution in [-0.4, -0.2) is 22.9 Å². The molecule has 0 fully saturated rings. The number of benzene rings is 3. The van der Waals surface area contributed by atoms with Crippen molar-refractivity contribution in [2.45, 2.75) is 38.7 Å². The highest BCUT2D eigenvalue weighted by molar-refractivity contribution is 5.92. The predicted octanol–water partition coefficient (Wildman–Crippen LogP) is 7.02. The van der Waals surface area contributed by atoms with Gasteiger partial charge in [0.2, 0.25) is 5.91 Å².